The minimum Gasteiger partial charge on any atom is -0.257 e. The van der Waals surface area contributed by atoms with Crippen LogP contribution in [0.15, 0.2) is 31.0 Å². The van der Waals surface area contributed by atoms with Gasteiger partial charge in [0, 0.05) is 6.20 Å². The first-order valence-corrected chi connectivity index (χ1v) is 3.47. The maximum atomic E-state index is 3.98. The molecule has 0 aliphatic carbocycles. The Bertz CT molecular complexity index is 167. The van der Waals surface area contributed by atoms with Gasteiger partial charge in [-0.05, 0) is 18.2 Å². The summed E-state index contributed by atoms with van der Waals surface area (Å²) in [6.07, 6.45) is 3.47. The molecule has 0 amide bonds. The molecule has 1 heterocycles. The Kier molecular flexibility index (Phi) is 5.35. The maximum absolute atomic E-state index is 3.98. The summed E-state index contributed by atoms with van der Waals surface area (Å²) in [5.41, 5.74) is 0.924. The van der Waals surface area contributed by atoms with Crippen molar-refractivity contribution in [1.29, 1.82) is 0 Å². The third-order valence-electron chi connectivity index (χ3n) is 0.897. The molecule has 1 aromatic heterocycles. The van der Waals surface area contributed by atoms with Gasteiger partial charge in [-0.2, -0.15) is 0 Å². The lowest BCUT2D eigenvalue weighted by Gasteiger charge is -1.84. The Morgan fingerprint density at radius 2 is 2.10 bits per heavy atom. The van der Waals surface area contributed by atoms with E-state index < -0.39 is 0 Å². The zero-order valence-corrected chi connectivity index (χ0v) is 6.54. The Morgan fingerprint density at radius 1 is 1.40 bits per heavy atom. The molecule has 0 atom stereocenters. The number of hydrogen-bond acceptors (Lipinski definition) is 1. The van der Waals surface area contributed by atoms with Gasteiger partial charge in [0.15, 0.2) is 0 Å². The van der Waals surface area contributed by atoms with Crippen molar-refractivity contribution in [3.63, 3.8) is 0 Å². The second kappa shape index (κ2) is 6.02. The van der Waals surface area contributed by atoms with E-state index in [1.807, 2.05) is 32.0 Å². The van der Waals surface area contributed by atoms with Crippen molar-refractivity contribution >= 4 is 6.08 Å². The largest absolute Gasteiger partial charge is 0.257 e. The zero-order valence-electron chi connectivity index (χ0n) is 6.54. The highest BCUT2D eigenvalue weighted by molar-refractivity contribution is 5.40. The van der Waals surface area contributed by atoms with Crippen LogP contribution in [0.5, 0.6) is 0 Å². The van der Waals surface area contributed by atoms with E-state index in [4.69, 9.17) is 0 Å². The minimum absolute atomic E-state index is 0.924. The van der Waals surface area contributed by atoms with Crippen molar-refractivity contribution in [1.82, 2.24) is 4.98 Å². The van der Waals surface area contributed by atoms with E-state index >= 15 is 0 Å². The Labute approximate surface area is 62.4 Å². The number of rotatable bonds is 1. The van der Waals surface area contributed by atoms with Crippen LogP contribution in [0.3, 0.4) is 0 Å². The molecular formula is C9H13N. The Balaban J connectivity index is 0.000000371. The SMILES string of the molecule is C=Cc1ccccn1.CC. The van der Waals surface area contributed by atoms with Crippen LogP contribution in [0, 0.1) is 0 Å². The minimum atomic E-state index is 0.924. The molecule has 0 N–H and O–H groups in total. The van der Waals surface area contributed by atoms with Gasteiger partial charge in [0.05, 0.1) is 5.69 Å². The van der Waals surface area contributed by atoms with Crippen LogP contribution in [-0.4, -0.2) is 4.98 Å². The van der Waals surface area contributed by atoms with E-state index in [2.05, 4.69) is 11.6 Å². The smallest absolute Gasteiger partial charge is 0.0623 e. The average Bonchev–Trinajstić information content (AvgIpc) is 2.10. The summed E-state index contributed by atoms with van der Waals surface area (Å²) >= 11 is 0. The second-order valence-electron chi connectivity index (χ2n) is 1.46. The van der Waals surface area contributed by atoms with E-state index in [9.17, 15) is 0 Å². The standard InChI is InChI=1S/C7H7N.C2H6/c1-2-7-5-3-4-6-8-7;1-2/h2-6H,1H2;1-2H3. The van der Waals surface area contributed by atoms with Crippen molar-refractivity contribution in [2.45, 2.75) is 13.8 Å². The van der Waals surface area contributed by atoms with Crippen LogP contribution in [0.2, 0.25) is 0 Å². The lowest BCUT2D eigenvalue weighted by atomic mass is 10.4. The molecule has 10 heavy (non-hydrogen) atoms. The summed E-state index contributed by atoms with van der Waals surface area (Å²) in [4.78, 5) is 3.98. The molecular weight excluding hydrogens is 122 g/mol. The molecule has 0 radical (unpaired) electrons. The first-order chi connectivity index (χ1) is 4.93. The molecule has 0 aliphatic rings. The van der Waals surface area contributed by atoms with Gasteiger partial charge in [-0.25, -0.2) is 0 Å². The average molecular weight is 135 g/mol. The van der Waals surface area contributed by atoms with Crippen LogP contribution >= 0.6 is 0 Å². The summed E-state index contributed by atoms with van der Waals surface area (Å²) in [5, 5.41) is 0. The molecule has 0 bridgehead atoms. The molecule has 0 unspecified atom stereocenters. The van der Waals surface area contributed by atoms with Crippen LogP contribution in [0.4, 0.5) is 0 Å². The predicted molar refractivity (Wildman–Crippen MR) is 45.7 cm³/mol. The quantitative estimate of drug-likeness (QED) is 0.577. The topological polar surface area (TPSA) is 12.9 Å². The summed E-state index contributed by atoms with van der Waals surface area (Å²) < 4.78 is 0. The highest BCUT2D eigenvalue weighted by Crippen LogP contribution is 1.91. The summed E-state index contributed by atoms with van der Waals surface area (Å²) in [6.45, 7) is 7.57. The van der Waals surface area contributed by atoms with Crippen LogP contribution in [0.1, 0.15) is 19.5 Å². The third kappa shape index (κ3) is 3.02. The number of pyridine rings is 1. The van der Waals surface area contributed by atoms with Crippen LogP contribution in [0.25, 0.3) is 6.08 Å². The van der Waals surface area contributed by atoms with Crippen molar-refractivity contribution in [2.24, 2.45) is 0 Å². The Hall–Kier alpha value is -1.11. The first kappa shape index (κ1) is 8.89. The molecule has 0 spiro atoms. The van der Waals surface area contributed by atoms with Crippen molar-refractivity contribution < 1.29 is 0 Å². The fourth-order valence-corrected chi connectivity index (χ4v) is 0.497. The summed E-state index contributed by atoms with van der Waals surface area (Å²) in [6, 6.07) is 5.73. The van der Waals surface area contributed by atoms with Gasteiger partial charge in [-0.3, -0.25) is 4.98 Å². The van der Waals surface area contributed by atoms with Gasteiger partial charge < -0.3 is 0 Å². The number of nitrogens with zero attached hydrogens (tertiary/aromatic N) is 1. The molecule has 1 rings (SSSR count). The molecule has 0 aliphatic heterocycles. The lowest BCUT2D eigenvalue weighted by Crippen LogP contribution is -1.73. The monoisotopic (exact) mass is 135 g/mol. The number of hydrogen-bond donors (Lipinski definition) is 0. The van der Waals surface area contributed by atoms with Crippen molar-refractivity contribution in [3.8, 4) is 0 Å². The van der Waals surface area contributed by atoms with Crippen LogP contribution < -0.4 is 0 Å². The molecule has 1 nitrogen and oxygen atoms in total. The van der Waals surface area contributed by atoms with E-state index in [0.717, 1.165) is 5.69 Å². The molecule has 1 aromatic rings. The van der Waals surface area contributed by atoms with E-state index in [-0.39, 0.29) is 0 Å². The first-order valence-electron chi connectivity index (χ1n) is 3.47. The predicted octanol–water partition coefficient (Wildman–Crippen LogP) is 2.75. The fraction of sp³-hybridized carbons (Fsp3) is 0.222. The second-order valence-corrected chi connectivity index (χ2v) is 1.46. The molecule has 0 aromatic carbocycles. The highest BCUT2D eigenvalue weighted by Gasteiger charge is 1.77. The molecule has 0 saturated heterocycles. The zero-order chi connectivity index (χ0) is 7.82. The van der Waals surface area contributed by atoms with Gasteiger partial charge in [0.25, 0.3) is 0 Å². The normalized spacial score (nSPS) is 7.40. The Morgan fingerprint density at radius 3 is 2.40 bits per heavy atom. The molecule has 0 saturated carbocycles. The highest BCUT2D eigenvalue weighted by atomic mass is 14.6. The summed E-state index contributed by atoms with van der Waals surface area (Å²) in [7, 11) is 0. The maximum Gasteiger partial charge on any atom is 0.0623 e. The summed E-state index contributed by atoms with van der Waals surface area (Å²) in [5.74, 6) is 0. The third-order valence-corrected chi connectivity index (χ3v) is 0.897. The fourth-order valence-electron chi connectivity index (χ4n) is 0.497. The van der Waals surface area contributed by atoms with E-state index in [1.54, 1.807) is 12.3 Å². The van der Waals surface area contributed by atoms with Gasteiger partial charge in [0.1, 0.15) is 0 Å². The van der Waals surface area contributed by atoms with Crippen molar-refractivity contribution in [3.05, 3.63) is 36.7 Å². The van der Waals surface area contributed by atoms with Gasteiger partial charge in [-0.1, -0.05) is 26.5 Å². The van der Waals surface area contributed by atoms with E-state index in [1.165, 1.54) is 0 Å². The van der Waals surface area contributed by atoms with Gasteiger partial charge >= 0.3 is 0 Å². The molecule has 0 fully saturated rings. The van der Waals surface area contributed by atoms with E-state index in [0.29, 0.717) is 0 Å². The van der Waals surface area contributed by atoms with Crippen LogP contribution in [-0.2, 0) is 0 Å². The molecule has 1 heteroatoms. The van der Waals surface area contributed by atoms with Gasteiger partial charge in [0.2, 0.25) is 0 Å². The lowest BCUT2D eigenvalue weighted by molar-refractivity contribution is 1.30. The van der Waals surface area contributed by atoms with Crippen molar-refractivity contribution in [2.75, 3.05) is 0 Å². The molecule has 54 valence electrons. The number of aromatic nitrogens is 1. The van der Waals surface area contributed by atoms with Gasteiger partial charge in [-0.15, -0.1) is 0 Å².